The summed E-state index contributed by atoms with van der Waals surface area (Å²) in [5.41, 5.74) is 0.193. The lowest BCUT2D eigenvalue weighted by atomic mass is 10.3. The van der Waals surface area contributed by atoms with Gasteiger partial charge in [-0.05, 0) is 14.0 Å². The lowest BCUT2D eigenvalue weighted by Crippen LogP contribution is -2.44. The molecule has 0 radical (unpaired) electrons. The van der Waals surface area contributed by atoms with Crippen LogP contribution < -0.4 is 4.90 Å². The van der Waals surface area contributed by atoms with Crippen LogP contribution >= 0.6 is 11.3 Å². The van der Waals surface area contributed by atoms with Crippen LogP contribution in [0.4, 0.5) is 5.13 Å². The number of rotatable bonds is 2. The molecule has 2 rings (SSSR count). The lowest BCUT2D eigenvalue weighted by molar-refractivity contribution is 0.0690. The number of nitrogens with zero attached hydrogens (tertiary/aromatic N) is 3. The van der Waals surface area contributed by atoms with Crippen molar-refractivity contribution in [1.82, 2.24) is 9.88 Å². The number of hydrogen-bond donors (Lipinski definition) is 1. The fourth-order valence-electron chi connectivity index (χ4n) is 1.71. The summed E-state index contributed by atoms with van der Waals surface area (Å²) in [5, 5.41) is 9.77. The quantitative estimate of drug-likeness (QED) is 0.833. The highest BCUT2D eigenvalue weighted by molar-refractivity contribution is 7.15. The topological polar surface area (TPSA) is 56.7 Å². The average Bonchev–Trinajstić information content (AvgIpc) is 2.61. The number of hydrogen-bond acceptors (Lipinski definition) is 5. The number of aryl methyl sites for hydroxylation is 1. The highest BCUT2D eigenvalue weighted by Gasteiger charge is 2.20. The van der Waals surface area contributed by atoms with Crippen LogP contribution in [0.5, 0.6) is 0 Å². The maximum absolute atomic E-state index is 10.9. The van der Waals surface area contributed by atoms with E-state index in [1.807, 2.05) is 0 Å². The summed E-state index contributed by atoms with van der Waals surface area (Å²) < 4.78 is 0. The van der Waals surface area contributed by atoms with Crippen LogP contribution in [0.3, 0.4) is 0 Å². The Morgan fingerprint density at radius 1 is 1.38 bits per heavy atom. The van der Waals surface area contributed by atoms with Crippen LogP contribution in [0.15, 0.2) is 0 Å². The zero-order valence-electron chi connectivity index (χ0n) is 9.43. The number of aromatic nitrogens is 1. The van der Waals surface area contributed by atoms with Crippen molar-refractivity contribution in [2.75, 3.05) is 38.1 Å². The summed E-state index contributed by atoms with van der Waals surface area (Å²) in [7, 11) is 2.09. The number of likely N-dealkylation sites (N-methyl/N-ethyl adjacent to an activating group) is 1. The zero-order valence-corrected chi connectivity index (χ0v) is 10.3. The maximum atomic E-state index is 10.9. The molecule has 2 heterocycles. The Bertz CT molecular complexity index is 397. The molecule has 0 aromatic carbocycles. The second-order valence-corrected chi connectivity index (χ2v) is 5.18. The molecule has 1 aromatic heterocycles. The summed E-state index contributed by atoms with van der Waals surface area (Å²) in [5.74, 6) is -0.936. The van der Waals surface area contributed by atoms with Gasteiger partial charge in [-0.3, -0.25) is 0 Å². The third kappa shape index (κ3) is 2.17. The largest absolute Gasteiger partial charge is 0.476 e. The molecule has 88 valence electrons. The summed E-state index contributed by atoms with van der Waals surface area (Å²) >= 11 is 1.47. The molecule has 0 spiro atoms. The first-order valence-corrected chi connectivity index (χ1v) is 6.04. The molecule has 6 heteroatoms. The molecule has 0 saturated carbocycles. The van der Waals surface area contributed by atoms with Crippen LogP contribution in [-0.2, 0) is 0 Å². The highest BCUT2D eigenvalue weighted by atomic mass is 32.1. The van der Waals surface area contributed by atoms with E-state index in [-0.39, 0.29) is 5.69 Å². The molecule has 1 aliphatic rings. The number of carboxylic acid groups (broad SMARTS) is 1. The van der Waals surface area contributed by atoms with Gasteiger partial charge in [0, 0.05) is 31.1 Å². The number of carbonyl (C=O) groups is 1. The molecule has 0 aliphatic carbocycles. The smallest absolute Gasteiger partial charge is 0.355 e. The fourth-order valence-corrected chi connectivity index (χ4v) is 2.67. The molecule has 1 N–H and O–H groups in total. The SMILES string of the molecule is Cc1sc(N2CCN(C)CC2)nc1C(=O)O. The minimum atomic E-state index is -0.936. The van der Waals surface area contributed by atoms with Gasteiger partial charge in [0.05, 0.1) is 0 Å². The zero-order chi connectivity index (χ0) is 11.7. The Kier molecular flexibility index (Phi) is 3.11. The van der Waals surface area contributed by atoms with Crippen LogP contribution in [0, 0.1) is 6.92 Å². The van der Waals surface area contributed by atoms with Crippen molar-refractivity contribution in [2.24, 2.45) is 0 Å². The Morgan fingerprint density at radius 3 is 2.50 bits per heavy atom. The average molecular weight is 241 g/mol. The van der Waals surface area contributed by atoms with E-state index >= 15 is 0 Å². The van der Waals surface area contributed by atoms with Crippen LogP contribution in [-0.4, -0.2) is 54.2 Å². The van der Waals surface area contributed by atoms with Gasteiger partial charge in [0.1, 0.15) is 0 Å². The third-order valence-corrected chi connectivity index (χ3v) is 3.79. The van der Waals surface area contributed by atoms with Crippen molar-refractivity contribution in [1.29, 1.82) is 0 Å². The Labute approximate surface area is 98.3 Å². The normalized spacial score (nSPS) is 17.8. The van der Waals surface area contributed by atoms with Gasteiger partial charge in [-0.2, -0.15) is 0 Å². The second-order valence-electron chi connectivity index (χ2n) is 4.00. The first-order chi connectivity index (χ1) is 7.58. The van der Waals surface area contributed by atoms with Gasteiger partial charge < -0.3 is 14.9 Å². The Balaban J connectivity index is 2.15. The number of anilines is 1. The van der Waals surface area contributed by atoms with Gasteiger partial charge in [-0.25, -0.2) is 9.78 Å². The fraction of sp³-hybridized carbons (Fsp3) is 0.600. The van der Waals surface area contributed by atoms with Crippen molar-refractivity contribution >= 4 is 22.4 Å². The second kappa shape index (κ2) is 4.39. The first kappa shape index (κ1) is 11.3. The Morgan fingerprint density at radius 2 is 2.00 bits per heavy atom. The van der Waals surface area contributed by atoms with Gasteiger partial charge in [-0.15, -0.1) is 11.3 Å². The standard InChI is InChI=1S/C10H15N3O2S/c1-7-8(9(14)15)11-10(16-7)13-5-3-12(2)4-6-13/h3-6H2,1-2H3,(H,14,15). The van der Waals surface area contributed by atoms with Gasteiger partial charge in [-0.1, -0.05) is 0 Å². The monoisotopic (exact) mass is 241 g/mol. The van der Waals surface area contributed by atoms with Crippen molar-refractivity contribution in [2.45, 2.75) is 6.92 Å². The molecule has 1 saturated heterocycles. The summed E-state index contributed by atoms with van der Waals surface area (Å²) in [6, 6.07) is 0. The van der Waals surface area contributed by atoms with Crippen LogP contribution in [0.2, 0.25) is 0 Å². The predicted molar refractivity (Wildman–Crippen MR) is 63.5 cm³/mol. The summed E-state index contributed by atoms with van der Waals surface area (Å²) in [4.78, 5) is 20.3. The van der Waals surface area contributed by atoms with Crippen molar-refractivity contribution in [3.05, 3.63) is 10.6 Å². The minimum absolute atomic E-state index is 0.193. The van der Waals surface area contributed by atoms with E-state index < -0.39 is 5.97 Å². The molecule has 0 unspecified atom stereocenters. The van der Waals surface area contributed by atoms with E-state index in [4.69, 9.17) is 5.11 Å². The third-order valence-electron chi connectivity index (χ3n) is 2.76. The molecule has 16 heavy (non-hydrogen) atoms. The number of thiazole rings is 1. The van der Waals surface area contributed by atoms with E-state index in [0.717, 1.165) is 36.2 Å². The van der Waals surface area contributed by atoms with E-state index in [1.165, 1.54) is 11.3 Å². The van der Waals surface area contributed by atoms with E-state index in [9.17, 15) is 4.79 Å². The lowest BCUT2D eigenvalue weighted by Gasteiger charge is -2.32. The molecular weight excluding hydrogens is 226 g/mol. The van der Waals surface area contributed by atoms with Crippen molar-refractivity contribution < 1.29 is 9.90 Å². The molecule has 0 atom stereocenters. The first-order valence-electron chi connectivity index (χ1n) is 5.22. The molecule has 0 bridgehead atoms. The number of aromatic carboxylic acids is 1. The van der Waals surface area contributed by atoms with Crippen molar-refractivity contribution in [3.63, 3.8) is 0 Å². The van der Waals surface area contributed by atoms with Crippen LogP contribution in [0.25, 0.3) is 0 Å². The Hall–Kier alpha value is -1.14. The van der Waals surface area contributed by atoms with E-state index in [1.54, 1.807) is 6.92 Å². The number of piperazine rings is 1. The van der Waals surface area contributed by atoms with Crippen molar-refractivity contribution in [3.8, 4) is 0 Å². The summed E-state index contributed by atoms with van der Waals surface area (Å²) in [6.45, 7) is 5.65. The minimum Gasteiger partial charge on any atom is -0.476 e. The van der Waals surface area contributed by atoms with E-state index in [0.29, 0.717) is 0 Å². The highest BCUT2D eigenvalue weighted by Crippen LogP contribution is 2.26. The predicted octanol–water partition coefficient (Wildman–Crippen LogP) is 0.902. The summed E-state index contributed by atoms with van der Waals surface area (Å²) in [6.07, 6.45) is 0. The van der Waals surface area contributed by atoms with Crippen LogP contribution in [0.1, 0.15) is 15.4 Å². The van der Waals surface area contributed by atoms with Gasteiger partial charge in [0.2, 0.25) is 0 Å². The molecular formula is C10H15N3O2S. The maximum Gasteiger partial charge on any atom is 0.355 e. The molecule has 1 fully saturated rings. The van der Waals surface area contributed by atoms with E-state index in [2.05, 4.69) is 21.8 Å². The number of carboxylic acids is 1. The molecule has 1 aliphatic heterocycles. The van der Waals surface area contributed by atoms with Gasteiger partial charge in [0.25, 0.3) is 0 Å². The van der Waals surface area contributed by atoms with Gasteiger partial charge >= 0.3 is 5.97 Å². The van der Waals surface area contributed by atoms with Gasteiger partial charge in [0.15, 0.2) is 10.8 Å². The molecule has 5 nitrogen and oxygen atoms in total. The molecule has 1 aromatic rings. The molecule has 0 amide bonds.